The quantitative estimate of drug-likeness (QED) is 0.673. The van der Waals surface area contributed by atoms with E-state index in [-0.39, 0.29) is 5.91 Å². The van der Waals surface area contributed by atoms with E-state index >= 15 is 0 Å². The first-order chi connectivity index (χ1) is 14.2. The van der Waals surface area contributed by atoms with Gasteiger partial charge in [0.05, 0.1) is 5.52 Å². The van der Waals surface area contributed by atoms with Crippen LogP contribution in [0.2, 0.25) is 0 Å². The maximum absolute atomic E-state index is 12.2. The molecule has 0 radical (unpaired) electrons. The highest BCUT2D eigenvalue weighted by Gasteiger charge is 2.16. The van der Waals surface area contributed by atoms with E-state index in [9.17, 15) is 4.79 Å². The lowest BCUT2D eigenvalue weighted by Crippen LogP contribution is -2.46. The van der Waals surface area contributed by atoms with Crippen molar-refractivity contribution in [3.8, 4) is 0 Å². The number of amides is 1. The van der Waals surface area contributed by atoms with Gasteiger partial charge in [-0.25, -0.2) is 4.98 Å². The molecule has 1 amide bonds. The van der Waals surface area contributed by atoms with Gasteiger partial charge in [-0.2, -0.15) is 0 Å². The summed E-state index contributed by atoms with van der Waals surface area (Å²) in [5, 5.41) is 3.94. The van der Waals surface area contributed by atoms with E-state index in [2.05, 4.69) is 34.2 Å². The Labute approximate surface area is 171 Å². The van der Waals surface area contributed by atoms with E-state index in [0.717, 1.165) is 60.7 Å². The zero-order valence-corrected chi connectivity index (χ0v) is 16.7. The van der Waals surface area contributed by atoms with Gasteiger partial charge in [0.2, 0.25) is 5.91 Å². The van der Waals surface area contributed by atoms with Gasteiger partial charge in [0.1, 0.15) is 5.82 Å². The molecule has 2 heterocycles. The van der Waals surface area contributed by atoms with E-state index in [1.54, 1.807) is 6.08 Å². The molecule has 148 valence electrons. The molecule has 1 aliphatic heterocycles. The lowest BCUT2D eigenvalue weighted by molar-refractivity contribution is -0.111. The standard InChI is InChI=1S/C24H26N4O/c1-2-27-14-16-28(17-15-27)23-12-9-20-18-21(10-11-22(20)26-23)25-24(29)13-8-19-6-4-3-5-7-19/h3-13,18H,2,14-17H2,1H3,(H,25,29)/b13-8+. The summed E-state index contributed by atoms with van der Waals surface area (Å²) in [6.07, 6.45) is 3.36. The molecule has 0 aliphatic carbocycles. The van der Waals surface area contributed by atoms with Crippen molar-refractivity contribution >= 4 is 34.4 Å². The van der Waals surface area contributed by atoms with E-state index in [1.807, 2.05) is 54.6 Å². The molecule has 2 aromatic carbocycles. The molecular weight excluding hydrogens is 360 g/mol. The topological polar surface area (TPSA) is 48.5 Å². The van der Waals surface area contributed by atoms with Crippen LogP contribution in [0.25, 0.3) is 17.0 Å². The minimum absolute atomic E-state index is 0.147. The van der Waals surface area contributed by atoms with Crippen LogP contribution in [0.5, 0.6) is 0 Å². The molecule has 1 N–H and O–H groups in total. The zero-order chi connectivity index (χ0) is 20.1. The predicted molar refractivity (Wildman–Crippen MR) is 120 cm³/mol. The molecule has 0 saturated carbocycles. The molecule has 0 unspecified atom stereocenters. The van der Waals surface area contributed by atoms with E-state index < -0.39 is 0 Å². The van der Waals surface area contributed by atoms with Gasteiger partial charge in [0.25, 0.3) is 0 Å². The Balaban J connectivity index is 1.43. The lowest BCUT2D eigenvalue weighted by atomic mass is 10.2. The maximum atomic E-state index is 12.2. The SMILES string of the molecule is CCN1CCN(c2ccc3cc(NC(=O)/C=C/c4ccccc4)ccc3n2)CC1. The number of hydrogen-bond donors (Lipinski definition) is 1. The molecule has 1 fully saturated rings. The van der Waals surface area contributed by atoms with E-state index in [0.29, 0.717) is 0 Å². The molecule has 4 rings (SSSR count). The van der Waals surface area contributed by atoms with Crippen molar-refractivity contribution < 1.29 is 4.79 Å². The normalized spacial score (nSPS) is 15.1. The Morgan fingerprint density at radius 3 is 2.59 bits per heavy atom. The summed E-state index contributed by atoms with van der Waals surface area (Å²) < 4.78 is 0. The number of likely N-dealkylation sites (N-methyl/N-ethyl adjacent to an activating group) is 1. The molecule has 1 saturated heterocycles. The van der Waals surface area contributed by atoms with Crippen LogP contribution in [0.4, 0.5) is 11.5 Å². The van der Waals surface area contributed by atoms with Crippen molar-refractivity contribution in [2.45, 2.75) is 6.92 Å². The van der Waals surface area contributed by atoms with Gasteiger partial charge in [0, 0.05) is 43.3 Å². The van der Waals surface area contributed by atoms with Gasteiger partial charge in [-0.15, -0.1) is 0 Å². The summed E-state index contributed by atoms with van der Waals surface area (Å²) in [4.78, 5) is 21.8. The van der Waals surface area contributed by atoms with Crippen LogP contribution in [-0.4, -0.2) is 48.5 Å². The van der Waals surface area contributed by atoms with Gasteiger partial charge in [-0.1, -0.05) is 37.3 Å². The van der Waals surface area contributed by atoms with Gasteiger partial charge in [-0.3, -0.25) is 4.79 Å². The van der Waals surface area contributed by atoms with Gasteiger partial charge in [-0.05, 0) is 48.5 Å². The Morgan fingerprint density at radius 2 is 1.83 bits per heavy atom. The molecule has 3 aromatic rings. The number of carbonyl (C=O) groups is 1. The summed E-state index contributed by atoms with van der Waals surface area (Å²) in [7, 11) is 0. The number of hydrogen-bond acceptors (Lipinski definition) is 4. The van der Waals surface area contributed by atoms with E-state index in [4.69, 9.17) is 4.98 Å². The highest BCUT2D eigenvalue weighted by atomic mass is 16.1. The van der Waals surface area contributed by atoms with Gasteiger partial charge >= 0.3 is 0 Å². The fourth-order valence-corrected chi connectivity index (χ4v) is 3.58. The van der Waals surface area contributed by atoms with Crippen LogP contribution < -0.4 is 10.2 Å². The third-order valence-corrected chi connectivity index (χ3v) is 5.31. The van der Waals surface area contributed by atoms with Gasteiger partial charge in [0.15, 0.2) is 0 Å². The summed E-state index contributed by atoms with van der Waals surface area (Å²) in [6, 6.07) is 19.8. The number of aromatic nitrogens is 1. The zero-order valence-electron chi connectivity index (χ0n) is 16.7. The molecule has 0 atom stereocenters. The Bertz CT molecular complexity index is 1010. The molecule has 0 bridgehead atoms. The van der Waals surface area contributed by atoms with Crippen molar-refractivity contribution in [3.05, 3.63) is 72.3 Å². The molecule has 1 aromatic heterocycles. The summed E-state index contributed by atoms with van der Waals surface area (Å²) in [5.41, 5.74) is 2.71. The number of rotatable bonds is 5. The van der Waals surface area contributed by atoms with Crippen molar-refractivity contribution in [3.63, 3.8) is 0 Å². The average molecular weight is 386 g/mol. The second-order valence-corrected chi connectivity index (χ2v) is 7.23. The van der Waals surface area contributed by atoms with Crippen LogP contribution in [0.15, 0.2) is 66.7 Å². The largest absolute Gasteiger partial charge is 0.354 e. The summed E-state index contributed by atoms with van der Waals surface area (Å²) in [6.45, 7) is 7.49. The first kappa shape index (κ1) is 19.2. The number of carbonyl (C=O) groups excluding carboxylic acids is 1. The van der Waals surface area contributed by atoms with Crippen LogP contribution in [0.3, 0.4) is 0 Å². The summed E-state index contributed by atoms with van der Waals surface area (Å²) in [5.74, 6) is 0.877. The lowest BCUT2D eigenvalue weighted by Gasteiger charge is -2.34. The van der Waals surface area contributed by atoms with Crippen molar-refractivity contribution in [2.75, 3.05) is 42.9 Å². The third-order valence-electron chi connectivity index (χ3n) is 5.31. The Hall–Kier alpha value is -3.18. The first-order valence-electron chi connectivity index (χ1n) is 10.1. The van der Waals surface area contributed by atoms with Crippen LogP contribution in [0, 0.1) is 0 Å². The minimum atomic E-state index is -0.147. The predicted octanol–water partition coefficient (Wildman–Crippen LogP) is 4.03. The molecule has 29 heavy (non-hydrogen) atoms. The molecule has 5 nitrogen and oxygen atoms in total. The number of pyridine rings is 1. The average Bonchev–Trinajstić information content (AvgIpc) is 2.78. The highest BCUT2D eigenvalue weighted by molar-refractivity contribution is 6.03. The van der Waals surface area contributed by atoms with Crippen molar-refractivity contribution in [1.29, 1.82) is 0 Å². The number of piperazine rings is 1. The minimum Gasteiger partial charge on any atom is -0.354 e. The first-order valence-corrected chi connectivity index (χ1v) is 10.1. The molecule has 1 aliphatic rings. The van der Waals surface area contributed by atoms with Crippen LogP contribution in [-0.2, 0) is 4.79 Å². The Morgan fingerprint density at radius 1 is 1.03 bits per heavy atom. The number of fused-ring (bicyclic) bond motifs is 1. The fraction of sp³-hybridized carbons (Fsp3) is 0.250. The van der Waals surface area contributed by atoms with Crippen molar-refractivity contribution in [2.24, 2.45) is 0 Å². The van der Waals surface area contributed by atoms with Crippen LogP contribution in [0.1, 0.15) is 12.5 Å². The smallest absolute Gasteiger partial charge is 0.248 e. The Kier molecular flexibility index (Phi) is 5.86. The maximum Gasteiger partial charge on any atom is 0.248 e. The van der Waals surface area contributed by atoms with E-state index in [1.165, 1.54) is 0 Å². The number of anilines is 2. The number of nitrogens with one attached hydrogen (secondary N) is 1. The second kappa shape index (κ2) is 8.88. The molecule has 0 spiro atoms. The van der Waals surface area contributed by atoms with Crippen LogP contribution >= 0.6 is 0 Å². The molecule has 5 heteroatoms. The highest BCUT2D eigenvalue weighted by Crippen LogP contribution is 2.22. The second-order valence-electron chi connectivity index (χ2n) is 7.23. The monoisotopic (exact) mass is 386 g/mol. The molecular formula is C24H26N4O. The number of nitrogens with zero attached hydrogens (tertiary/aromatic N) is 3. The van der Waals surface area contributed by atoms with Gasteiger partial charge < -0.3 is 15.1 Å². The fourth-order valence-electron chi connectivity index (χ4n) is 3.58. The number of benzene rings is 2. The summed E-state index contributed by atoms with van der Waals surface area (Å²) >= 11 is 0. The van der Waals surface area contributed by atoms with Crippen molar-refractivity contribution in [1.82, 2.24) is 9.88 Å². The third kappa shape index (κ3) is 4.81.